The average molecular weight is 523 g/mol. The summed E-state index contributed by atoms with van der Waals surface area (Å²) in [6.45, 7) is 2.01. The lowest BCUT2D eigenvalue weighted by Crippen LogP contribution is -2.29. The van der Waals surface area contributed by atoms with Crippen molar-refractivity contribution in [2.24, 2.45) is 0 Å². The number of benzene rings is 2. The summed E-state index contributed by atoms with van der Waals surface area (Å²) < 4.78 is 7.90. The zero-order valence-corrected chi connectivity index (χ0v) is 19.8. The van der Waals surface area contributed by atoms with Gasteiger partial charge < -0.3 is 20.5 Å². The lowest BCUT2D eigenvalue weighted by atomic mass is 10.0. The Balaban J connectivity index is 1.33. The van der Waals surface area contributed by atoms with Crippen molar-refractivity contribution in [3.8, 4) is 11.1 Å². The number of anilines is 2. The number of hydrogen-bond acceptors (Lipinski definition) is 7. The van der Waals surface area contributed by atoms with Crippen molar-refractivity contribution in [1.29, 1.82) is 0 Å². The van der Waals surface area contributed by atoms with Crippen molar-refractivity contribution in [3.05, 3.63) is 70.3 Å². The van der Waals surface area contributed by atoms with Crippen LogP contribution in [0.2, 0.25) is 0 Å². The molecule has 0 bridgehead atoms. The van der Waals surface area contributed by atoms with Crippen molar-refractivity contribution >= 4 is 39.4 Å². The lowest BCUT2D eigenvalue weighted by molar-refractivity contribution is 0.0697. The number of halogens is 1. The van der Waals surface area contributed by atoms with Crippen LogP contribution >= 0.6 is 15.9 Å². The van der Waals surface area contributed by atoms with E-state index in [4.69, 9.17) is 4.74 Å². The molecule has 3 N–H and O–H groups in total. The van der Waals surface area contributed by atoms with Crippen LogP contribution in [0.3, 0.4) is 0 Å². The number of nitrogens with zero attached hydrogens (tertiary/aromatic N) is 4. The van der Waals surface area contributed by atoms with Gasteiger partial charge in [-0.1, -0.05) is 36.4 Å². The van der Waals surface area contributed by atoms with Gasteiger partial charge in [0.15, 0.2) is 5.65 Å². The Morgan fingerprint density at radius 3 is 2.68 bits per heavy atom. The van der Waals surface area contributed by atoms with Crippen LogP contribution in [0.1, 0.15) is 28.8 Å². The molecule has 0 radical (unpaired) electrons. The zero-order valence-electron chi connectivity index (χ0n) is 18.2. The molecule has 2 aromatic heterocycles. The molecule has 1 aliphatic heterocycles. The van der Waals surface area contributed by atoms with Crippen LogP contribution in [0.15, 0.2) is 59.2 Å². The van der Waals surface area contributed by atoms with E-state index in [9.17, 15) is 9.90 Å². The van der Waals surface area contributed by atoms with Crippen LogP contribution in [0.25, 0.3) is 16.8 Å². The first-order chi connectivity index (χ1) is 16.6. The number of carboxylic acid groups (broad SMARTS) is 1. The number of aromatic nitrogens is 4. The van der Waals surface area contributed by atoms with Crippen molar-refractivity contribution in [3.63, 3.8) is 0 Å². The van der Waals surface area contributed by atoms with E-state index in [0.29, 0.717) is 24.1 Å². The van der Waals surface area contributed by atoms with E-state index in [1.54, 1.807) is 28.9 Å². The summed E-state index contributed by atoms with van der Waals surface area (Å²) in [7, 11) is 0. The molecule has 9 nitrogen and oxygen atoms in total. The highest BCUT2D eigenvalue weighted by atomic mass is 79.9. The molecule has 5 rings (SSSR count). The van der Waals surface area contributed by atoms with Crippen LogP contribution < -0.4 is 10.6 Å². The van der Waals surface area contributed by atoms with E-state index in [2.05, 4.69) is 41.6 Å². The van der Waals surface area contributed by atoms with Crippen molar-refractivity contribution in [1.82, 2.24) is 19.6 Å². The molecule has 0 unspecified atom stereocenters. The summed E-state index contributed by atoms with van der Waals surface area (Å²) in [6, 6.07) is 15.2. The van der Waals surface area contributed by atoms with Gasteiger partial charge in [-0.25, -0.2) is 4.79 Å². The van der Waals surface area contributed by atoms with Crippen LogP contribution in [-0.2, 0) is 11.3 Å². The molecule has 174 valence electrons. The van der Waals surface area contributed by atoms with Crippen LogP contribution in [0.4, 0.5) is 11.9 Å². The molecular weight excluding hydrogens is 500 g/mol. The molecule has 1 saturated heterocycles. The maximum Gasteiger partial charge on any atom is 0.335 e. The highest BCUT2D eigenvalue weighted by Gasteiger charge is 2.17. The highest BCUT2D eigenvalue weighted by Crippen LogP contribution is 2.23. The Labute approximate surface area is 204 Å². The molecule has 1 aliphatic rings. The first-order valence-electron chi connectivity index (χ1n) is 11.0. The SMILES string of the molecule is O=C(O)c1cccc(-c2ccc(CNc3nc(NC4CCOCC4)nc4c(Br)cnn34)cc2)c1. The van der Waals surface area contributed by atoms with Crippen LogP contribution in [0.5, 0.6) is 0 Å². The minimum Gasteiger partial charge on any atom is -0.478 e. The number of ether oxygens (including phenoxy) is 1. The summed E-state index contributed by atoms with van der Waals surface area (Å²) in [6.07, 6.45) is 3.53. The second-order valence-corrected chi connectivity index (χ2v) is 8.92. The van der Waals surface area contributed by atoms with Crippen molar-refractivity contribution in [2.75, 3.05) is 23.8 Å². The van der Waals surface area contributed by atoms with Gasteiger partial charge in [-0.2, -0.15) is 19.6 Å². The third kappa shape index (κ3) is 4.87. The summed E-state index contributed by atoms with van der Waals surface area (Å²) in [4.78, 5) is 20.5. The molecule has 0 atom stereocenters. The number of aromatic carboxylic acids is 1. The molecule has 10 heteroatoms. The number of hydrogen-bond donors (Lipinski definition) is 3. The van der Waals surface area contributed by atoms with Gasteiger partial charge in [0.25, 0.3) is 0 Å². The number of nitrogens with one attached hydrogen (secondary N) is 2. The molecule has 2 aromatic carbocycles. The minimum absolute atomic E-state index is 0.270. The average Bonchev–Trinajstić information content (AvgIpc) is 3.24. The first kappa shape index (κ1) is 22.3. The molecule has 0 aliphatic carbocycles. The molecule has 4 aromatic rings. The summed E-state index contributed by atoms with van der Waals surface area (Å²) in [5, 5.41) is 20.4. The molecule has 0 spiro atoms. The quantitative estimate of drug-likeness (QED) is 0.326. The van der Waals surface area contributed by atoms with E-state index in [0.717, 1.165) is 47.2 Å². The third-order valence-electron chi connectivity index (χ3n) is 5.73. The first-order valence-corrected chi connectivity index (χ1v) is 11.8. The topological polar surface area (TPSA) is 114 Å². The van der Waals surface area contributed by atoms with E-state index >= 15 is 0 Å². The fourth-order valence-electron chi connectivity index (χ4n) is 3.88. The zero-order chi connectivity index (χ0) is 23.5. The van der Waals surface area contributed by atoms with E-state index in [-0.39, 0.29) is 11.6 Å². The predicted octanol–water partition coefficient (Wildman–Crippen LogP) is 4.46. The monoisotopic (exact) mass is 522 g/mol. The number of rotatable bonds is 7. The van der Waals surface area contributed by atoms with Gasteiger partial charge in [0.05, 0.1) is 16.2 Å². The molecule has 3 heterocycles. The fourth-order valence-corrected chi connectivity index (χ4v) is 4.23. The largest absolute Gasteiger partial charge is 0.478 e. The molecule has 1 fully saturated rings. The van der Waals surface area contributed by atoms with E-state index in [1.165, 1.54) is 0 Å². The molecular formula is C24H23BrN6O3. The van der Waals surface area contributed by atoms with Gasteiger partial charge in [-0.15, -0.1) is 0 Å². The number of carboxylic acids is 1. The second-order valence-electron chi connectivity index (χ2n) is 8.07. The third-order valence-corrected chi connectivity index (χ3v) is 6.29. The number of fused-ring (bicyclic) bond motifs is 1. The van der Waals surface area contributed by atoms with E-state index < -0.39 is 5.97 Å². The summed E-state index contributed by atoms with van der Waals surface area (Å²) in [5.41, 5.74) is 3.82. The number of carbonyl (C=O) groups is 1. The fraction of sp³-hybridized carbons (Fsp3) is 0.250. The smallest absolute Gasteiger partial charge is 0.335 e. The Morgan fingerprint density at radius 1 is 1.12 bits per heavy atom. The maximum absolute atomic E-state index is 11.3. The Bertz CT molecular complexity index is 1320. The molecule has 0 amide bonds. The van der Waals surface area contributed by atoms with Crippen molar-refractivity contribution in [2.45, 2.75) is 25.4 Å². The van der Waals surface area contributed by atoms with Gasteiger partial charge in [-0.05, 0) is 57.6 Å². The normalized spacial score (nSPS) is 14.3. The Hall–Kier alpha value is -3.50. The Kier molecular flexibility index (Phi) is 6.41. The van der Waals surface area contributed by atoms with Gasteiger partial charge in [0.1, 0.15) is 0 Å². The van der Waals surface area contributed by atoms with Crippen LogP contribution in [-0.4, -0.2) is 49.9 Å². The second kappa shape index (κ2) is 9.78. The van der Waals surface area contributed by atoms with Gasteiger partial charge in [0.2, 0.25) is 11.9 Å². The van der Waals surface area contributed by atoms with E-state index in [1.807, 2.05) is 30.3 Å². The van der Waals surface area contributed by atoms with Gasteiger partial charge >= 0.3 is 5.97 Å². The van der Waals surface area contributed by atoms with Gasteiger partial charge in [0, 0.05) is 25.8 Å². The lowest BCUT2D eigenvalue weighted by Gasteiger charge is -2.23. The maximum atomic E-state index is 11.3. The predicted molar refractivity (Wildman–Crippen MR) is 132 cm³/mol. The molecule has 34 heavy (non-hydrogen) atoms. The molecule has 0 saturated carbocycles. The standard InChI is InChI=1S/C24H23BrN6O3/c25-20-14-27-31-21(20)29-23(28-19-8-10-34-11-9-19)30-24(31)26-13-15-4-6-16(7-5-15)17-2-1-3-18(12-17)22(32)33/h1-7,12,14,19H,8-11,13H2,(H,32,33)(H2,26,28,29,30). The van der Waals surface area contributed by atoms with Crippen molar-refractivity contribution < 1.29 is 14.6 Å². The minimum atomic E-state index is -0.935. The van der Waals surface area contributed by atoms with Gasteiger partial charge in [-0.3, -0.25) is 0 Å². The van der Waals surface area contributed by atoms with Crippen LogP contribution in [0, 0.1) is 0 Å². The Morgan fingerprint density at radius 2 is 1.91 bits per heavy atom. The highest BCUT2D eigenvalue weighted by molar-refractivity contribution is 9.10. The summed E-state index contributed by atoms with van der Waals surface area (Å²) in [5.74, 6) is 0.204. The summed E-state index contributed by atoms with van der Waals surface area (Å²) >= 11 is 3.51.